The van der Waals surface area contributed by atoms with E-state index in [0.29, 0.717) is 11.8 Å². The molecule has 27 heavy (non-hydrogen) atoms. The summed E-state index contributed by atoms with van der Waals surface area (Å²) in [4.78, 5) is 3.74. The van der Waals surface area contributed by atoms with Crippen molar-refractivity contribution in [2.45, 2.75) is 58.4 Å². The van der Waals surface area contributed by atoms with Crippen molar-refractivity contribution in [3.63, 3.8) is 0 Å². The lowest BCUT2D eigenvalue weighted by molar-refractivity contribution is 0.310. The number of hydrogen-bond acceptors (Lipinski definition) is 3. The van der Waals surface area contributed by atoms with Crippen molar-refractivity contribution in [1.29, 1.82) is 0 Å². The number of thioether (sulfide) groups is 1. The van der Waals surface area contributed by atoms with E-state index in [1.165, 1.54) is 21.9 Å². The Hall–Kier alpha value is -1.45. The molecule has 2 nitrogen and oxygen atoms in total. The number of benzene rings is 1. The highest BCUT2D eigenvalue weighted by molar-refractivity contribution is 7.98. The van der Waals surface area contributed by atoms with Crippen molar-refractivity contribution < 1.29 is 5.11 Å². The van der Waals surface area contributed by atoms with Gasteiger partial charge in [0, 0.05) is 16.3 Å². The van der Waals surface area contributed by atoms with Gasteiger partial charge in [-0.05, 0) is 66.0 Å². The normalized spacial score (nSPS) is 18.2. The van der Waals surface area contributed by atoms with Crippen LogP contribution in [-0.2, 0) is 0 Å². The van der Waals surface area contributed by atoms with E-state index in [1.807, 2.05) is 0 Å². The Morgan fingerprint density at radius 1 is 1.15 bits per heavy atom. The van der Waals surface area contributed by atoms with Crippen molar-refractivity contribution in [3.8, 4) is 0 Å². The van der Waals surface area contributed by atoms with Crippen LogP contribution in [0.3, 0.4) is 0 Å². The fourth-order valence-corrected chi connectivity index (χ4v) is 4.25. The van der Waals surface area contributed by atoms with E-state index >= 15 is 0 Å². The highest BCUT2D eigenvalue weighted by Crippen LogP contribution is 2.39. The van der Waals surface area contributed by atoms with Crippen molar-refractivity contribution in [1.82, 2.24) is 0 Å². The van der Waals surface area contributed by atoms with Gasteiger partial charge in [0.15, 0.2) is 0 Å². The molecule has 0 fully saturated rings. The third kappa shape index (κ3) is 5.08. The molecule has 0 aliphatic carbocycles. The quantitative estimate of drug-likeness (QED) is 0.521. The van der Waals surface area contributed by atoms with Crippen molar-refractivity contribution in [2.75, 3.05) is 17.8 Å². The Labute approximate surface area is 170 Å². The predicted molar refractivity (Wildman–Crippen MR) is 120 cm³/mol. The molecule has 1 aromatic rings. The molecule has 0 amide bonds. The Morgan fingerprint density at radius 3 is 2.30 bits per heavy atom. The first-order chi connectivity index (χ1) is 12.9. The first-order valence-electron chi connectivity index (χ1n) is 10.1. The molecule has 1 aliphatic rings. The molecule has 1 unspecified atom stereocenters. The highest BCUT2D eigenvalue weighted by atomic mass is 32.2. The summed E-state index contributed by atoms with van der Waals surface area (Å²) in [6, 6.07) is 9.00. The second-order valence-electron chi connectivity index (χ2n) is 7.82. The monoisotopic (exact) mass is 385 g/mol. The summed E-state index contributed by atoms with van der Waals surface area (Å²) in [5.41, 5.74) is 4.87. The smallest absolute Gasteiger partial charge is 0.0665 e. The van der Waals surface area contributed by atoms with Crippen molar-refractivity contribution in [2.24, 2.45) is 11.8 Å². The number of unbranched alkanes of at least 4 members (excludes halogenated alkanes) is 1. The van der Waals surface area contributed by atoms with Crippen LogP contribution in [0.5, 0.6) is 0 Å². The minimum absolute atomic E-state index is 0.0960. The second-order valence-corrected chi connectivity index (χ2v) is 8.70. The summed E-state index contributed by atoms with van der Waals surface area (Å²) in [5.74, 6) is 0.794. The number of allylic oxidation sites excluding steroid dienone is 5. The molecule has 148 valence electrons. The standard InChI is InChI=1S/C24H35NOS/c1-7-8-9-10-19-15-20(16-26)24(18(4)5)25(23(19)17(2)3)21-11-13-22(27-6)14-12-21/h9-15,17-18,24,26H,7-8,16H2,1-6H3. The van der Waals surface area contributed by atoms with Gasteiger partial charge in [-0.15, -0.1) is 11.8 Å². The number of aliphatic hydroxyl groups is 1. The summed E-state index contributed by atoms with van der Waals surface area (Å²) in [7, 11) is 0. The molecule has 0 saturated heterocycles. The van der Waals surface area contributed by atoms with Crippen LogP contribution in [-0.4, -0.2) is 24.0 Å². The average Bonchev–Trinajstić information content (AvgIpc) is 2.66. The Balaban J connectivity index is 2.64. The molecule has 0 spiro atoms. The van der Waals surface area contributed by atoms with Crippen LogP contribution in [0.4, 0.5) is 5.69 Å². The van der Waals surface area contributed by atoms with Crippen LogP contribution in [0.2, 0.25) is 0 Å². The van der Waals surface area contributed by atoms with Crippen LogP contribution < -0.4 is 4.90 Å². The molecule has 3 heteroatoms. The minimum atomic E-state index is 0.0960. The van der Waals surface area contributed by atoms with Crippen LogP contribution >= 0.6 is 11.8 Å². The van der Waals surface area contributed by atoms with Gasteiger partial charge in [-0.1, -0.05) is 53.2 Å². The van der Waals surface area contributed by atoms with E-state index in [0.717, 1.165) is 18.4 Å². The molecule has 1 aromatic carbocycles. The van der Waals surface area contributed by atoms with Gasteiger partial charge in [0.25, 0.3) is 0 Å². The SMILES string of the molecule is CCCC=CC1=C(C(C)C)N(c2ccc(SC)cc2)C(C(C)C)C(CO)=C1. The zero-order chi connectivity index (χ0) is 20.0. The van der Waals surface area contributed by atoms with Gasteiger partial charge in [-0.3, -0.25) is 0 Å². The number of aliphatic hydroxyl groups excluding tert-OH is 1. The van der Waals surface area contributed by atoms with Gasteiger partial charge in [0.05, 0.1) is 12.6 Å². The van der Waals surface area contributed by atoms with E-state index in [1.54, 1.807) is 11.8 Å². The molecular weight excluding hydrogens is 350 g/mol. The van der Waals surface area contributed by atoms with Gasteiger partial charge >= 0.3 is 0 Å². The molecule has 1 heterocycles. The summed E-state index contributed by atoms with van der Waals surface area (Å²) >= 11 is 1.76. The fourth-order valence-electron chi connectivity index (χ4n) is 3.84. The fraction of sp³-hybridized carbons (Fsp3) is 0.500. The zero-order valence-corrected chi connectivity index (χ0v) is 18.5. The zero-order valence-electron chi connectivity index (χ0n) is 17.7. The highest BCUT2D eigenvalue weighted by Gasteiger charge is 2.33. The van der Waals surface area contributed by atoms with E-state index in [4.69, 9.17) is 0 Å². The number of anilines is 1. The van der Waals surface area contributed by atoms with Crippen LogP contribution in [0.15, 0.2) is 64.2 Å². The van der Waals surface area contributed by atoms with Crippen LogP contribution in [0.25, 0.3) is 0 Å². The predicted octanol–water partition coefficient (Wildman–Crippen LogP) is 6.44. The summed E-state index contributed by atoms with van der Waals surface area (Å²) in [6.45, 7) is 11.3. The lowest BCUT2D eigenvalue weighted by atomic mass is 9.85. The summed E-state index contributed by atoms with van der Waals surface area (Å²) in [6.07, 6.45) is 11.1. The summed E-state index contributed by atoms with van der Waals surface area (Å²) in [5, 5.41) is 10.1. The third-order valence-electron chi connectivity index (χ3n) is 5.02. The van der Waals surface area contributed by atoms with Gasteiger partial charge in [0.1, 0.15) is 0 Å². The maximum absolute atomic E-state index is 10.1. The molecule has 0 bridgehead atoms. The number of hydrogen-bond donors (Lipinski definition) is 1. The first kappa shape index (κ1) is 21.8. The van der Waals surface area contributed by atoms with Gasteiger partial charge < -0.3 is 10.0 Å². The van der Waals surface area contributed by atoms with Gasteiger partial charge in [-0.2, -0.15) is 0 Å². The molecule has 2 rings (SSSR count). The average molecular weight is 386 g/mol. The lowest BCUT2D eigenvalue weighted by Gasteiger charge is -2.44. The molecule has 0 aromatic heterocycles. The topological polar surface area (TPSA) is 23.5 Å². The third-order valence-corrected chi connectivity index (χ3v) is 5.76. The molecule has 0 radical (unpaired) electrons. The second kappa shape index (κ2) is 10.2. The van der Waals surface area contributed by atoms with Gasteiger partial charge in [0.2, 0.25) is 0 Å². The van der Waals surface area contributed by atoms with Crippen LogP contribution in [0, 0.1) is 11.8 Å². The minimum Gasteiger partial charge on any atom is -0.392 e. The maximum atomic E-state index is 10.1. The maximum Gasteiger partial charge on any atom is 0.0665 e. The molecule has 1 aliphatic heterocycles. The molecule has 0 saturated carbocycles. The lowest BCUT2D eigenvalue weighted by Crippen LogP contribution is -2.44. The Morgan fingerprint density at radius 2 is 1.81 bits per heavy atom. The van der Waals surface area contributed by atoms with E-state index < -0.39 is 0 Å². The van der Waals surface area contributed by atoms with Crippen LogP contribution in [0.1, 0.15) is 47.5 Å². The van der Waals surface area contributed by atoms with E-state index in [2.05, 4.69) is 88.3 Å². The number of nitrogens with zero attached hydrogens (tertiary/aromatic N) is 1. The molecular formula is C24H35NOS. The Bertz CT molecular complexity index is 698. The van der Waals surface area contributed by atoms with Crippen molar-refractivity contribution in [3.05, 3.63) is 59.3 Å². The largest absolute Gasteiger partial charge is 0.392 e. The summed E-state index contributed by atoms with van der Waals surface area (Å²) < 4.78 is 0. The van der Waals surface area contributed by atoms with E-state index in [9.17, 15) is 5.11 Å². The molecule has 1 N–H and O–H groups in total. The van der Waals surface area contributed by atoms with Gasteiger partial charge in [-0.25, -0.2) is 0 Å². The molecule has 1 atom stereocenters. The van der Waals surface area contributed by atoms with Crippen molar-refractivity contribution >= 4 is 17.4 Å². The number of rotatable bonds is 8. The Kier molecular flexibility index (Phi) is 8.25. The first-order valence-corrected chi connectivity index (χ1v) is 11.3. The van der Waals surface area contributed by atoms with E-state index in [-0.39, 0.29) is 12.6 Å².